The quantitative estimate of drug-likeness (QED) is 0.419. The summed E-state index contributed by atoms with van der Waals surface area (Å²) in [7, 11) is -5.53. The number of aromatic nitrogens is 1. The summed E-state index contributed by atoms with van der Waals surface area (Å²) in [5, 5.41) is 0. The molecule has 1 aliphatic heterocycles. The number of fused-ring (bicyclic) bond motifs is 1. The topological polar surface area (TPSA) is 115 Å². The van der Waals surface area contributed by atoms with E-state index < -0.39 is 25.8 Å². The van der Waals surface area contributed by atoms with Gasteiger partial charge in [-0.25, -0.2) is 16.8 Å². The van der Waals surface area contributed by atoms with Crippen LogP contribution in [-0.2, 0) is 31.2 Å². The van der Waals surface area contributed by atoms with Gasteiger partial charge in [-0.15, -0.1) is 6.58 Å². The largest absolute Gasteiger partial charge is 0.497 e. The van der Waals surface area contributed by atoms with Gasteiger partial charge in [0.2, 0.25) is 10.0 Å². The van der Waals surface area contributed by atoms with E-state index in [4.69, 9.17) is 4.74 Å². The summed E-state index contributed by atoms with van der Waals surface area (Å²) in [6, 6.07) is 11.0. The molecule has 0 bridgehead atoms. The van der Waals surface area contributed by atoms with E-state index >= 15 is 0 Å². The number of sulfonamides is 1. The van der Waals surface area contributed by atoms with Crippen LogP contribution in [0.1, 0.15) is 12.8 Å². The van der Waals surface area contributed by atoms with Gasteiger partial charge in [0.15, 0.2) is 14.6 Å². The maximum absolute atomic E-state index is 13.0. The Bertz CT molecular complexity index is 1580. The molecule has 9 nitrogen and oxygen atoms in total. The number of allylic oxidation sites excluding steroid dienone is 1. The first kappa shape index (κ1) is 26.3. The number of nitrogens with zero attached hydrogens (tertiary/aromatic N) is 3. The number of ether oxygens (including phenoxy) is 1. The lowest BCUT2D eigenvalue weighted by Gasteiger charge is -2.29. The van der Waals surface area contributed by atoms with Crippen molar-refractivity contribution in [1.82, 2.24) is 8.87 Å². The Morgan fingerprint density at radius 1 is 1.11 bits per heavy atom. The second kappa shape index (κ2) is 10.3. The van der Waals surface area contributed by atoms with Gasteiger partial charge >= 0.3 is 0 Å². The molecule has 0 saturated carbocycles. The zero-order valence-electron chi connectivity index (χ0n) is 20.0. The molecule has 0 aliphatic carbocycles. The third-order valence-electron chi connectivity index (χ3n) is 6.10. The fourth-order valence-electron chi connectivity index (χ4n) is 4.10. The van der Waals surface area contributed by atoms with E-state index in [0.29, 0.717) is 34.6 Å². The van der Waals surface area contributed by atoms with Crippen molar-refractivity contribution >= 4 is 47.3 Å². The van der Waals surface area contributed by atoms with Gasteiger partial charge in [-0.1, -0.05) is 17.4 Å². The van der Waals surface area contributed by atoms with E-state index in [9.17, 15) is 21.6 Å². The Balaban J connectivity index is 1.55. The van der Waals surface area contributed by atoms with Crippen molar-refractivity contribution in [3.8, 4) is 5.75 Å². The summed E-state index contributed by atoms with van der Waals surface area (Å²) in [6.45, 7) is 4.61. The molecule has 3 aromatic rings. The fourth-order valence-corrected chi connectivity index (χ4v) is 7.38. The minimum atomic E-state index is -3.67. The average Bonchev–Trinajstić information content (AvgIpc) is 3.20. The second-order valence-electron chi connectivity index (χ2n) is 8.49. The highest BCUT2D eigenvalue weighted by Crippen LogP contribution is 2.26. The van der Waals surface area contributed by atoms with Crippen molar-refractivity contribution in [2.75, 3.05) is 26.5 Å². The number of sulfone groups is 1. The van der Waals surface area contributed by atoms with Crippen LogP contribution in [0.3, 0.4) is 0 Å². The molecule has 36 heavy (non-hydrogen) atoms. The van der Waals surface area contributed by atoms with Gasteiger partial charge in [0.1, 0.15) is 5.75 Å². The predicted octanol–water partition coefficient (Wildman–Crippen LogP) is 2.83. The Morgan fingerprint density at radius 3 is 2.33 bits per heavy atom. The van der Waals surface area contributed by atoms with E-state index in [1.54, 1.807) is 30.3 Å². The molecule has 12 heteroatoms. The Kier molecular flexibility index (Phi) is 7.51. The van der Waals surface area contributed by atoms with Gasteiger partial charge in [0.05, 0.1) is 27.1 Å². The third-order valence-corrected chi connectivity index (χ3v) is 10.2. The molecule has 1 saturated heterocycles. The molecule has 0 radical (unpaired) electrons. The number of piperidine rings is 1. The van der Waals surface area contributed by atoms with Crippen LogP contribution in [0.4, 0.5) is 0 Å². The summed E-state index contributed by atoms with van der Waals surface area (Å²) in [4.78, 5) is 18.2. The van der Waals surface area contributed by atoms with Gasteiger partial charge in [-0.3, -0.25) is 4.79 Å². The zero-order chi connectivity index (χ0) is 26.1. The Labute approximate surface area is 214 Å². The van der Waals surface area contributed by atoms with Crippen LogP contribution >= 0.6 is 11.3 Å². The lowest BCUT2D eigenvalue weighted by molar-refractivity contribution is -0.122. The molecule has 0 N–H and O–H groups in total. The van der Waals surface area contributed by atoms with E-state index in [-0.39, 0.29) is 28.8 Å². The highest BCUT2D eigenvalue weighted by Gasteiger charge is 2.32. The standard InChI is InChI=1S/C24H27N3O6S3/c1-4-13-27-21-10-9-20(35(3,29)30)16-22(21)34-24(27)25-23(28)17-11-14-26(15-12-17)36(31,32)19-7-5-18(33-2)6-8-19/h4-10,16-17H,1,11-15H2,2-3H3. The summed E-state index contributed by atoms with van der Waals surface area (Å²) >= 11 is 1.24. The molecular weight excluding hydrogens is 522 g/mol. The minimum absolute atomic E-state index is 0.182. The van der Waals surface area contributed by atoms with Gasteiger partial charge in [-0.2, -0.15) is 9.30 Å². The lowest BCUT2D eigenvalue weighted by atomic mass is 9.98. The first-order valence-electron chi connectivity index (χ1n) is 11.2. The Hall–Kier alpha value is -2.80. The van der Waals surface area contributed by atoms with Crippen LogP contribution in [-0.4, -0.2) is 58.1 Å². The average molecular weight is 550 g/mol. The van der Waals surface area contributed by atoms with Crippen LogP contribution < -0.4 is 9.54 Å². The molecule has 4 rings (SSSR count). The number of carbonyl (C=O) groups is 1. The van der Waals surface area contributed by atoms with Crippen LogP contribution in [0.25, 0.3) is 10.2 Å². The Morgan fingerprint density at radius 2 is 1.75 bits per heavy atom. The smallest absolute Gasteiger partial charge is 0.251 e. The van der Waals surface area contributed by atoms with Gasteiger partial charge in [0.25, 0.3) is 5.91 Å². The molecule has 0 unspecified atom stereocenters. The van der Waals surface area contributed by atoms with Crippen molar-refractivity contribution in [3.05, 3.63) is 59.9 Å². The monoisotopic (exact) mass is 549 g/mol. The molecule has 1 aliphatic rings. The van der Waals surface area contributed by atoms with Crippen LogP contribution in [0.15, 0.2) is 69.9 Å². The highest BCUT2D eigenvalue weighted by atomic mass is 32.2. The summed E-state index contributed by atoms with van der Waals surface area (Å²) < 4.78 is 58.9. The highest BCUT2D eigenvalue weighted by molar-refractivity contribution is 7.90. The van der Waals surface area contributed by atoms with Gasteiger partial charge in [0, 0.05) is 31.8 Å². The zero-order valence-corrected chi connectivity index (χ0v) is 22.4. The SMILES string of the molecule is C=CCn1c(=NC(=O)C2CCN(S(=O)(=O)c3ccc(OC)cc3)CC2)sc2cc(S(C)(=O)=O)ccc21. The van der Waals surface area contributed by atoms with Crippen molar-refractivity contribution in [2.24, 2.45) is 10.9 Å². The lowest BCUT2D eigenvalue weighted by Crippen LogP contribution is -2.40. The van der Waals surface area contributed by atoms with E-state index in [1.807, 2.05) is 4.57 Å². The fraction of sp³-hybridized carbons (Fsp3) is 0.333. The number of amides is 1. The number of carbonyl (C=O) groups excluding carboxylic acids is 1. The minimum Gasteiger partial charge on any atom is -0.497 e. The molecule has 2 aromatic carbocycles. The predicted molar refractivity (Wildman–Crippen MR) is 138 cm³/mol. The number of benzene rings is 2. The number of methoxy groups -OCH3 is 1. The van der Waals surface area contributed by atoms with Gasteiger partial charge < -0.3 is 9.30 Å². The molecule has 1 fully saturated rings. The third kappa shape index (κ3) is 5.31. The molecule has 0 atom stereocenters. The van der Waals surface area contributed by atoms with E-state index in [0.717, 1.165) is 11.8 Å². The molecule has 192 valence electrons. The van der Waals surface area contributed by atoms with Crippen molar-refractivity contribution < 1.29 is 26.4 Å². The maximum Gasteiger partial charge on any atom is 0.251 e. The first-order chi connectivity index (χ1) is 17.0. The number of hydrogen-bond acceptors (Lipinski definition) is 7. The maximum atomic E-state index is 13.0. The van der Waals surface area contributed by atoms with Crippen LogP contribution in [0, 0.1) is 5.92 Å². The van der Waals surface area contributed by atoms with Crippen molar-refractivity contribution in [1.29, 1.82) is 0 Å². The van der Waals surface area contributed by atoms with E-state index in [1.165, 1.54) is 41.0 Å². The molecular formula is C24H27N3O6S3. The van der Waals surface area contributed by atoms with E-state index in [2.05, 4.69) is 11.6 Å². The van der Waals surface area contributed by atoms with Crippen molar-refractivity contribution in [2.45, 2.75) is 29.2 Å². The molecule has 1 amide bonds. The first-order valence-corrected chi connectivity index (χ1v) is 15.4. The van der Waals surface area contributed by atoms with Crippen molar-refractivity contribution in [3.63, 3.8) is 0 Å². The normalized spacial score (nSPS) is 16.3. The number of rotatable bonds is 7. The molecule has 0 spiro atoms. The van der Waals surface area contributed by atoms with Gasteiger partial charge in [-0.05, 0) is 55.3 Å². The second-order valence-corrected chi connectivity index (χ2v) is 13.5. The molecule has 2 heterocycles. The molecule has 1 aromatic heterocycles. The summed E-state index contributed by atoms with van der Waals surface area (Å²) in [5.74, 6) is -0.146. The van der Waals surface area contributed by atoms with Crippen LogP contribution in [0.2, 0.25) is 0 Å². The number of hydrogen-bond donors (Lipinski definition) is 0. The summed E-state index contributed by atoms with van der Waals surface area (Å²) in [5.41, 5.74) is 0.763. The van der Waals surface area contributed by atoms with Crippen LogP contribution in [0.5, 0.6) is 5.75 Å². The number of thiazole rings is 1. The summed E-state index contributed by atoms with van der Waals surface area (Å²) in [6.07, 6.45) is 3.56.